The summed E-state index contributed by atoms with van der Waals surface area (Å²) in [5.74, 6) is 1.31. The molecule has 1 aromatic heterocycles. The van der Waals surface area contributed by atoms with Crippen molar-refractivity contribution in [3.8, 4) is 11.5 Å². The molecular formula is C19H19N3O3S. The molecule has 0 fully saturated rings. The molecule has 0 spiro atoms. The van der Waals surface area contributed by atoms with Gasteiger partial charge in [-0.25, -0.2) is 0 Å². The van der Waals surface area contributed by atoms with Crippen LogP contribution in [0.2, 0.25) is 0 Å². The highest BCUT2D eigenvalue weighted by Crippen LogP contribution is 2.16. The van der Waals surface area contributed by atoms with Crippen LogP contribution in [0.5, 0.6) is 11.5 Å². The second-order valence-corrected chi connectivity index (χ2v) is 6.17. The minimum absolute atomic E-state index is 0.140. The molecule has 1 amide bonds. The highest BCUT2D eigenvalue weighted by Gasteiger charge is 2.07. The fourth-order valence-corrected chi connectivity index (χ4v) is 2.85. The zero-order valence-corrected chi connectivity index (χ0v) is 15.4. The minimum atomic E-state index is -0.140. The molecule has 0 saturated heterocycles. The summed E-state index contributed by atoms with van der Waals surface area (Å²) in [7, 11) is 1.62. The van der Waals surface area contributed by atoms with E-state index in [9.17, 15) is 4.79 Å². The van der Waals surface area contributed by atoms with Gasteiger partial charge in [0.2, 0.25) is 0 Å². The van der Waals surface area contributed by atoms with Gasteiger partial charge in [0.05, 0.1) is 24.5 Å². The van der Waals surface area contributed by atoms with E-state index in [2.05, 4.69) is 14.1 Å². The third-order valence-electron chi connectivity index (χ3n) is 3.83. The van der Waals surface area contributed by atoms with E-state index in [4.69, 9.17) is 9.47 Å². The van der Waals surface area contributed by atoms with Gasteiger partial charge in [0, 0.05) is 12.1 Å². The Kier molecular flexibility index (Phi) is 5.80. The van der Waals surface area contributed by atoms with E-state index in [1.165, 1.54) is 11.7 Å². The van der Waals surface area contributed by atoms with Crippen LogP contribution in [0.4, 0.5) is 0 Å². The zero-order valence-electron chi connectivity index (χ0n) is 14.6. The van der Waals surface area contributed by atoms with Crippen LogP contribution < -0.4 is 14.8 Å². The molecule has 3 aromatic rings. The van der Waals surface area contributed by atoms with Gasteiger partial charge in [0.15, 0.2) is 0 Å². The summed E-state index contributed by atoms with van der Waals surface area (Å²) in [5, 5.41) is 2.90. The maximum atomic E-state index is 12.3. The van der Waals surface area contributed by atoms with E-state index >= 15 is 0 Å². The van der Waals surface area contributed by atoms with Crippen molar-refractivity contribution in [2.75, 3.05) is 7.11 Å². The summed E-state index contributed by atoms with van der Waals surface area (Å²) in [5.41, 5.74) is 3.26. The van der Waals surface area contributed by atoms with E-state index in [0.717, 1.165) is 22.7 Å². The topological polar surface area (TPSA) is 73.3 Å². The van der Waals surface area contributed by atoms with Crippen molar-refractivity contribution in [1.29, 1.82) is 0 Å². The summed E-state index contributed by atoms with van der Waals surface area (Å²) in [6.07, 6.45) is 0. The van der Waals surface area contributed by atoms with Gasteiger partial charge < -0.3 is 14.8 Å². The van der Waals surface area contributed by atoms with Gasteiger partial charge >= 0.3 is 0 Å². The normalized spacial score (nSPS) is 10.4. The summed E-state index contributed by atoms with van der Waals surface area (Å²) >= 11 is 1.17. The number of ether oxygens (including phenoxy) is 2. The number of aryl methyl sites for hydroxylation is 1. The molecule has 0 unspecified atom stereocenters. The number of benzene rings is 2. The van der Waals surface area contributed by atoms with Crippen LogP contribution in [0.3, 0.4) is 0 Å². The first-order chi connectivity index (χ1) is 12.7. The first-order valence-electron chi connectivity index (χ1n) is 8.08. The van der Waals surface area contributed by atoms with Gasteiger partial charge in [-0.15, -0.1) is 0 Å². The number of nitrogens with one attached hydrogen (secondary N) is 1. The SMILES string of the molecule is COc1cccc(CNC(=O)c2ccc(OCc3nsnc3C)cc2)c1. The fourth-order valence-electron chi connectivity index (χ4n) is 2.30. The van der Waals surface area contributed by atoms with Gasteiger partial charge in [-0.1, -0.05) is 12.1 Å². The number of rotatable bonds is 7. The predicted octanol–water partition coefficient (Wildman–Crippen LogP) is 3.36. The number of methoxy groups -OCH3 is 1. The van der Waals surface area contributed by atoms with E-state index in [1.807, 2.05) is 31.2 Å². The molecule has 0 aliphatic heterocycles. The lowest BCUT2D eigenvalue weighted by molar-refractivity contribution is 0.0951. The van der Waals surface area contributed by atoms with Crippen molar-refractivity contribution in [3.05, 3.63) is 71.0 Å². The van der Waals surface area contributed by atoms with Crippen LogP contribution in [-0.2, 0) is 13.2 Å². The minimum Gasteiger partial charge on any atom is -0.497 e. The van der Waals surface area contributed by atoms with Crippen molar-refractivity contribution in [3.63, 3.8) is 0 Å². The van der Waals surface area contributed by atoms with E-state index < -0.39 is 0 Å². The molecule has 0 atom stereocenters. The number of nitrogens with zero attached hydrogens (tertiary/aromatic N) is 2. The van der Waals surface area contributed by atoms with Crippen molar-refractivity contribution in [2.24, 2.45) is 0 Å². The Morgan fingerprint density at radius 1 is 1.12 bits per heavy atom. The number of amides is 1. The quantitative estimate of drug-likeness (QED) is 0.691. The molecule has 0 bridgehead atoms. The number of aromatic nitrogens is 2. The van der Waals surface area contributed by atoms with Crippen molar-refractivity contribution in [1.82, 2.24) is 14.1 Å². The van der Waals surface area contributed by atoms with Crippen LogP contribution in [0.1, 0.15) is 27.3 Å². The van der Waals surface area contributed by atoms with E-state index in [-0.39, 0.29) is 5.91 Å². The Balaban J connectivity index is 1.54. The molecule has 0 aliphatic rings. The summed E-state index contributed by atoms with van der Waals surface area (Å²) < 4.78 is 19.1. The molecule has 7 heteroatoms. The average molecular weight is 369 g/mol. The Hall–Kier alpha value is -2.93. The molecule has 134 valence electrons. The molecule has 26 heavy (non-hydrogen) atoms. The third kappa shape index (κ3) is 4.58. The second-order valence-electron chi connectivity index (χ2n) is 5.64. The van der Waals surface area contributed by atoms with Crippen LogP contribution in [0, 0.1) is 6.92 Å². The first kappa shape index (κ1) is 17.9. The van der Waals surface area contributed by atoms with Crippen molar-refractivity contribution in [2.45, 2.75) is 20.1 Å². The molecule has 6 nitrogen and oxygen atoms in total. The van der Waals surface area contributed by atoms with E-state index in [1.54, 1.807) is 31.4 Å². The number of carbonyl (C=O) groups is 1. The van der Waals surface area contributed by atoms with Gasteiger partial charge in [-0.05, 0) is 48.9 Å². The number of hydrogen-bond acceptors (Lipinski definition) is 6. The molecular weight excluding hydrogens is 350 g/mol. The summed E-state index contributed by atoms with van der Waals surface area (Å²) in [6.45, 7) is 2.70. The Morgan fingerprint density at radius 3 is 2.62 bits per heavy atom. The molecule has 1 heterocycles. The standard InChI is InChI=1S/C19H19N3O3S/c1-13-18(22-26-21-13)12-25-16-8-6-15(7-9-16)19(23)20-11-14-4-3-5-17(10-14)24-2/h3-10H,11-12H2,1-2H3,(H,20,23). The van der Waals surface area contributed by atoms with Gasteiger partial charge in [0.25, 0.3) is 5.91 Å². The zero-order chi connectivity index (χ0) is 18.4. The Morgan fingerprint density at radius 2 is 1.92 bits per heavy atom. The lowest BCUT2D eigenvalue weighted by Gasteiger charge is -2.08. The molecule has 1 N–H and O–H groups in total. The van der Waals surface area contributed by atoms with E-state index in [0.29, 0.717) is 24.5 Å². The van der Waals surface area contributed by atoms with Crippen LogP contribution in [0.15, 0.2) is 48.5 Å². The molecule has 2 aromatic carbocycles. The fraction of sp³-hybridized carbons (Fsp3) is 0.211. The average Bonchev–Trinajstić information content (AvgIpc) is 3.10. The second kappa shape index (κ2) is 8.44. The van der Waals surface area contributed by atoms with Gasteiger partial charge in [-0.2, -0.15) is 8.75 Å². The maximum Gasteiger partial charge on any atom is 0.251 e. The third-order valence-corrected chi connectivity index (χ3v) is 4.48. The molecule has 0 saturated carbocycles. The lowest BCUT2D eigenvalue weighted by atomic mass is 10.2. The smallest absolute Gasteiger partial charge is 0.251 e. The molecule has 3 rings (SSSR count). The van der Waals surface area contributed by atoms with Crippen LogP contribution in [-0.4, -0.2) is 21.8 Å². The van der Waals surface area contributed by atoms with Gasteiger partial charge in [0.1, 0.15) is 23.8 Å². The predicted molar refractivity (Wildman–Crippen MR) is 99.6 cm³/mol. The van der Waals surface area contributed by atoms with Crippen molar-refractivity contribution < 1.29 is 14.3 Å². The first-order valence-corrected chi connectivity index (χ1v) is 8.81. The lowest BCUT2D eigenvalue weighted by Crippen LogP contribution is -2.22. The molecule has 0 aliphatic carbocycles. The monoisotopic (exact) mass is 369 g/mol. The van der Waals surface area contributed by atoms with Gasteiger partial charge in [-0.3, -0.25) is 4.79 Å². The van der Waals surface area contributed by atoms with Crippen LogP contribution in [0.25, 0.3) is 0 Å². The van der Waals surface area contributed by atoms with Crippen LogP contribution >= 0.6 is 11.7 Å². The summed E-state index contributed by atoms with van der Waals surface area (Å²) in [4.78, 5) is 12.3. The highest BCUT2D eigenvalue weighted by atomic mass is 32.1. The van der Waals surface area contributed by atoms with Crippen molar-refractivity contribution >= 4 is 17.6 Å². The maximum absolute atomic E-state index is 12.3. The highest BCUT2D eigenvalue weighted by molar-refractivity contribution is 6.99. The number of hydrogen-bond donors (Lipinski definition) is 1. The largest absolute Gasteiger partial charge is 0.497 e. The Labute approximate surface area is 156 Å². The molecule has 0 radical (unpaired) electrons. The Bertz CT molecular complexity index is 878. The number of carbonyl (C=O) groups excluding carboxylic acids is 1. The summed E-state index contributed by atoms with van der Waals surface area (Å²) in [6, 6.07) is 14.6.